The van der Waals surface area contributed by atoms with Crippen LogP contribution in [-0.4, -0.2) is 66.9 Å². The van der Waals surface area contributed by atoms with Gasteiger partial charge in [0.25, 0.3) is 12.4 Å². The van der Waals surface area contributed by atoms with Crippen molar-refractivity contribution in [2.75, 3.05) is 7.05 Å². The largest absolute Gasteiger partial charge is 0.483 e. The van der Waals surface area contributed by atoms with Crippen LogP contribution in [0.4, 0.5) is 0 Å². The molecule has 150 valence electrons. The molecule has 1 aromatic carbocycles. The number of hydrogen-bond donors (Lipinski definition) is 2. The van der Waals surface area contributed by atoms with E-state index in [4.69, 9.17) is 9.90 Å². The van der Waals surface area contributed by atoms with Crippen molar-refractivity contribution in [3.8, 4) is 0 Å². The van der Waals surface area contributed by atoms with E-state index in [0.29, 0.717) is 23.9 Å². The molecule has 0 radical (unpaired) electrons. The number of tetrazole rings is 1. The molecule has 9 nitrogen and oxygen atoms in total. The second-order valence-electron chi connectivity index (χ2n) is 7.50. The van der Waals surface area contributed by atoms with Gasteiger partial charge in [-0.25, -0.2) is 4.68 Å². The highest BCUT2D eigenvalue weighted by molar-refractivity contribution is 5.94. The Morgan fingerprint density at radius 3 is 2.36 bits per heavy atom. The van der Waals surface area contributed by atoms with Gasteiger partial charge in [0.05, 0.1) is 12.6 Å². The maximum atomic E-state index is 12.8. The summed E-state index contributed by atoms with van der Waals surface area (Å²) in [4.78, 5) is 23.0. The van der Waals surface area contributed by atoms with Gasteiger partial charge in [-0.15, -0.1) is 5.10 Å². The highest BCUT2D eigenvalue weighted by atomic mass is 16.3. The Kier molecular flexibility index (Phi) is 6.35. The Balaban J connectivity index is 0.000000706. The monoisotopic (exact) mass is 387 g/mol. The molecule has 2 saturated carbocycles. The number of hydrogen-bond acceptors (Lipinski definition) is 6. The molecule has 4 atom stereocenters. The fourth-order valence-corrected chi connectivity index (χ4v) is 4.43. The number of rotatable bonds is 4. The van der Waals surface area contributed by atoms with E-state index in [2.05, 4.69) is 15.5 Å². The van der Waals surface area contributed by atoms with Crippen molar-refractivity contribution in [2.24, 2.45) is 11.8 Å². The number of nitrogens with zero attached hydrogens (tertiary/aromatic N) is 5. The maximum Gasteiger partial charge on any atom is 0.290 e. The summed E-state index contributed by atoms with van der Waals surface area (Å²) < 4.78 is 1.65. The van der Waals surface area contributed by atoms with Crippen LogP contribution in [0.25, 0.3) is 0 Å². The molecular formula is C19H25N5O4. The Bertz CT molecular complexity index is 766. The Morgan fingerprint density at radius 1 is 1.21 bits per heavy atom. The van der Waals surface area contributed by atoms with Crippen LogP contribution in [0.2, 0.25) is 0 Å². The highest BCUT2D eigenvalue weighted by Crippen LogP contribution is 2.45. The third kappa shape index (κ3) is 4.53. The van der Waals surface area contributed by atoms with Crippen LogP contribution in [0, 0.1) is 11.8 Å². The lowest BCUT2D eigenvalue weighted by molar-refractivity contribution is -0.122. The molecule has 2 aliphatic rings. The van der Waals surface area contributed by atoms with Crippen molar-refractivity contribution in [1.82, 2.24) is 25.1 Å². The Hall–Kier alpha value is -2.81. The zero-order valence-corrected chi connectivity index (χ0v) is 15.8. The molecule has 2 aliphatic carbocycles. The predicted octanol–water partition coefficient (Wildman–Crippen LogP) is 1.04. The van der Waals surface area contributed by atoms with Gasteiger partial charge < -0.3 is 15.1 Å². The van der Waals surface area contributed by atoms with E-state index < -0.39 is 0 Å². The summed E-state index contributed by atoms with van der Waals surface area (Å²) in [6.45, 7) is 0.339. The molecule has 2 aromatic rings. The molecule has 2 fully saturated rings. The van der Waals surface area contributed by atoms with Gasteiger partial charge >= 0.3 is 0 Å². The maximum absolute atomic E-state index is 12.8. The summed E-state index contributed by atoms with van der Waals surface area (Å²) in [7, 11) is 1.90. The lowest BCUT2D eigenvalue weighted by Gasteiger charge is -2.25. The smallest absolute Gasteiger partial charge is 0.290 e. The summed E-state index contributed by atoms with van der Waals surface area (Å²) in [6, 6.07) is 7.93. The zero-order chi connectivity index (χ0) is 20.1. The topological polar surface area (TPSA) is 121 Å². The predicted molar refractivity (Wildman–Crippen MR) is 99.4 cm³/mol. The molecular weight excluding hydrogens is 362 g/mol. The Morgan fingerprint density at radius 2 is 1.82 bits per heavy atom. The first-order valence-corrected chi connectivity index (χ1v) is 9.34. The fourth-order valence-electron chi connectivity index (χ4n) is 4.43. The fraction of sp³-hybridized carbons (Fsp3) is 0.526. The lowest BCUT2D eigenvalue weighted by atomic mass is 10.0. The number of carboxylic acid groups (broad SMARTS) is 1. The number of benzene rings is 1. The van der Waals surface area contributed by atoms with Crippen LogP contribution in [0.5, 0.6) is 0 Å². The molecule has 1 heterocycles. The quantitative estimate of drug-likeness (QED) is 0.752. The third-order valence-electron chi connectivity index (χ3n) is 5.77. The minimum Gasteiger partial charge on any atom is -0.483 e. The van der Waals surface area contributed by atoms with Gasteiger partial charge in [-0.1, -0.05) is 12.1 Å². The number of aliphatic hydroxyl groups excluding tert-OH is 1. The summed E-state index contributed by atoms with van der Waals surface area (Å²) >= 11 is 0. The number of aliphatic hydroxyl groups is 1. The molecule has 1 amide bonds. The normalized spacial score (nSPS) is 25.5. The molecule has 1 aromatic heterocycles. The average molecular weight is 387 g/mol. The molecule has 2 unspecified atom stereocenters. The van der Waals surface area contributed by atoms with Crippen LogP contribution in [-0.2, 0) is 11.3 Å². The van der Waals surface area contributed by atoms with Crippen LogP contribution < -0.4 is 0 Å². The summed E-state index contributed by atoms with van der Waals surface area (Å²) in [5.41, 5.74) is 1.76. The van der Waals surface area contributed by atoms with Crippen molar-refractivity contribution >= 4 is 12.4 Å². The third-order valence-corrected chi connectivity index (χ3v) is 5.77. The van der Waals surface area contributed by atoms with Gasteiger partial charge in [0.15, 0.2) is 0 Å². The van der Waals surface area contributed by atoms with Crippen molar-refractivity contribution < 1.29 is 19.8 Å². The first-order valence-electron chi connectivity index (χ1n) is 9.34. The second kappa shape index (κ2) is 8.92. The van der Waals surface area contributed by atoms with Crippen molar-refractivity contribution in [2.45, 2.75) is 44.4 Å². The first kappa shape index (κ1) is 19.9. The first-order chi connectivity index (χ1) is 13.5. The van der Waals surface area contributed by atoms with E-state index in [1.165, 1.54) is 0 Å². The van der Waals surface area contributed by atoms with Gasteiger partial charge in [-0.3, -0.25) is 9.59 Å². The van der Waals surface area contributed by atoms with E-state index in [0.717, 1.165) is 31.2 Å². The van der Waals surface area contributed by atoms with Crippen molar-refractivity contribution in [1.29, 1.82) is 0 Å². The van der Waals surface area contributed by atoms with E-state index in [9.17, 15) is 9.90 Å². The van der Waals surface area contributed by atoms with Gasteiger partial charge in [-0.05, 0) is 65.6 Å². The Labute approximate surface area is 163 Å². The minimum absolute atomic E-state index is 0.0690. The molecule has 9 heteroatoms. The standard InChI is InChI=1S/C18H23N5O2.CH2O2/c1-22(16-6-14-8-17(24)9-15(14)7-16)18(25)13-4-2-12(3-5-13)10-23-11-19-20-21-23;2-1-3/h2-5,11,14-17,24H,6-10H2,1H3;1H,(H,2,3)/t14-,15+,16?,17?;. The van der Waals surface area contributed by atoms with Gasteiger partial charge in [0, 0.05) is 18.7 Å². The summed E-state index contributed by atoms with van der Waals surface area (Å²) in [6.07, 6.45) is 5.26. The average Bonchev–Trinajstić information content (AvgIpc) is 3.38. The van der Waals surface area contributed by atoms with E-state index >= 15 is 0 Å². The number of aromatic nitrogens is 4. The SMILES string of the molecule is CN(C(=O)c1ccc(Cn2cnnn2)cc1)C1C[C@H]2CC(O)C[C@H]2C1.O=CO. The molecule has 0 bridgehead atoms. The molecule has 2 N–H and O–H groups in total. The van der Waals surface area contributed by atoms with Crippen LogP contribution in [0.1, 0.15) is 41.6 Å². The van der Waals surface area contributed by atoms with Gasteiger partial charge in [0.1, 0.15) is 6.33 Å². The van der Waals surface area contributed by atoms with Crippen molar-refractivity contribution in [3.05, 3.63) is 41.7 Å². The molecule has 0 aliphatic heterocycles. The molecule has 28 heavy (non-hydrogen) atoms. The van der Waals surface area contributed by atoms with Gasteiger partial charge in [0.2, 0.25) is 0 Å². The van der Waals surface area contributed by atoms with E-state index in [-0.39, 0.29) is 24.5 Å². The van der Waals surface area contributed by atoms with E-state index in [1.807, 2.05) is 36.2 Å². The number of carbonyl (C=O) groups is 2. The zero-order valence-electron chi connectivity index (χ0n) is 15.8. The number of amides is 1. The van der Waals surface area contributed by atoms with Crippen LogP contribution in [0.15, 0.2) is 30.6 Å². The highest BCUT2D eigenvalue weighted by Gasteiger charge is 2.43. The van der Waals surface area contributed by atoms with Crippen LogP contribution >= 0.6 is 0 Å². The second-order valence-corrected chi connectivity index (χ2v) is 7.50. The summed E-state index contributed by atoms with van der Waals surface area (Å²) in [5.74, 6) is 1.22. The number of carbonyl (C=O) groups excluding carboxylic acids is 1. The van der Waals surface area contributed by atoms with Crippen LogP contribution in [0.3, 0.4) is 0 Å². The van der Waals surface area contributed by atoms with E-state index in [1.54, 1.807) is 11.0 Å². The van der Waals surface area contributed by atoms with Crippen molar-refractivity contribution in [3.63, 3.8) is 0 Å². The number of fused-ring (bicyclic) bond motifs is 1. The molecule has 0 spiro atoms. The lowest BCUT2D eigenvalue weighted by Crippen LogP contribution is -2.36. The minimum atomic E-state index is -0.250. The van der Waals surface area contributed by atoms with Gasteiger partial charge in [-0.2, -0.15) is 0 Å². The summed E-state index contributed by atoms with van der Waals surface area (Å²) in [5, 5.41) is 27.7. The molecule has 0 saturated heterocycles. The molecule has 4 rings (SSSR count).